The maximum absolute atomic E-state index is 12.7. The van der Waals surface area contributed by atoms with Crippen molar-refractivity contribution in [2.75, 3.05) is 0 Å². The molecule has 0 spiro atoms. The summed E-state index contributed by atoms with van der Waals surface area (Å²) in [7, 11) is 0. The van der Waals surface area contributed by atoms with E-state index in [0.29, 0.717) is 31.2 Å². The number of carboxylic acids is 1. The molecule has 2 unspecified atom stereocenters. The number of rotatable bonds is 13. The molecule has 1 heterocycles. The molecule has 2 N–H and O–H groups in total. The van der Waals surface area contributed by atoms with E-state index in [4.69, 9.17) is 4.74 Å². The van der Waals surface area contributed by atoms with E-state index in [1.807, 2.05) is 45.9 Å². The van der Waals surface area contributed by atoms with E-state index >= 15 is 0 Å². The number of carboxylic acid groups (broad SMARTS) is 1. The molecule has 0 amide bonds. The van der Waals surface area contributed by atoms with Gasteiger partial charge in [0.2, 0.25) is 0 Å². The van der Waals surface area contributed by atoms with E-state index in [1.54, 1.807) is 0 Å². The Labute approximate surface area is 345 Å². The van der Waals surface area contributed by atoms with Crippen LogP contribution in [0.2, 0.25) is 0 Å². The van der Waals surface area contributed by atoms with Crippen molar-refractivity contribution in [3.63, 3.8) is 0 Å². The number of ether oxygens (including phenoxy) is 1. The van der Waals surface area contributed by atoms with Gasteiger partial charge in [0.05, 0.1) is 6.04 Å². The number of hydrogen-bond acceptors (Lipinski definition) is 4. The Morgan fingerprint density at radius 2 is 1.61 bits per heavy atom. The topological polar surface area (TPSA) is 61.8 Å². The summed E-state index contributed by atoms with van der Waals surface area (Å²) in [6.45, 7) is 28.8. The molecule has 0 aromatic heterocycles. The summed E-state index contributed by atoms with van der Waals surface area (Å²) in [4.78, 5) is 15.0. The number of nitrogens with one attached hydrogen (secondary N) is 1. The van der Waals surface area contributed by atoms with E-state index in [9.17, 15) is 9.90 Å². The molecule has 0 bridgehead atoms. The van der Waals surface area contributed by atoms with Crippen LogP contribution in [0, 0.1) is 25.7 Å². The predicted octanol–water partition coefficient (Wildman–Crippen LogP) is 13.1. The minimum Gasteiger partial charge on any atom is -0.480 e. The first-order chi connectivity index (χ1) is 27.3. The predicted molar refractivity (Wildman–Crippen MR) is 239 cm³/mol. The highest BCUT2D eigenvalue weighted by Crippen LogP contribution is 2.59. The fraction of sp³-hybridized carbons (Fsp3) is 0.481. The van der Waals surface area contributed by atoms with Crippen LogP contribution in [0.4, 0.5) is 0 Å². The van der Waals surface area contributed by atoms with Gasteiger partial charge in [0.1, 0.15) is 17.5 Å². The first kappa shape index (κ1) is 43.6. The molecule has 4 atom stereocenters. The van der Waals surface area contributed by atoms with Crippen molar-refractivity contribution in [2.24, 2.45) is 11.8 Å². The van der Waals surface area contributed by atoms with Gasteiger partial charge in [0.25, 0.3) is 0 Å². The van der Waals surface area contributed by atoms with E-state index < -0.39 is 12.0 Å². The van der Waals surface area contributed by atoms with Gasteiger partial charge in [-0.3, -0.25) is 0 Å². The maximum atomic E-state index is 12.7. The Hall–Kier alpha value is -4.51. The molecule has 0 saturated heterocycles. The van der Waals surface area contributed by atoms with Gasteiger partial charge >= 0.3 is 5.97 Å². The van der Waals surface area contributed by atoms with Gasteiger partial charge in [-0.25, -0.2) is 4.79 Å². The summed E-state index contributed by atoms with van der Waals surface area (Å²) in [5.74, 6) is 1.94. The molecule has 7 rings (SSSR count). The minimum atomic E-state index is -0.840. The zero-order valence-corrected chi connectivity index (χ0v) is 36.5. The maximum Gasteiger partial charge on any atom is 0.326 e. The van der Waals surface area contributed by atoms with E-state index in [2.05, 4.69) is 119 Å². The second kappa shape index (κ2) is 18.8. The molecule has 3 aromatic rings. The van der Waals surface area contributed by atoms with Crippen LogP contribution in [0.1, 0.15) is 133 Å². The molecule has 4 aliphatic rings. The number of allylic oxidation sites excluding steroid dienone is 5. The van der Waals surface area contributed by atoms with Crippen LogP contribution in [-0.4, -0.2) is 28.1 Å². The lowest BCUT2D eigenvalue weighted by molar-refractivity contribution is -0.139. The van der Waals surface area contributed by atoms with Crippen LogP contribution in [0.15, 0.2) is 109 Å². The molecular weight excluding hydrogens is 701 g/mol. The fourth-order valence-electron chi connectivity index (χ4n) is 8.88. The van der Waals surface area contributed by atoms with Gasteiger partial charge in [0, 0.05) is 23.4 Å². The number of aliphatic carboxylic acids is 1. The largest absolute Gasteiger partial charge is 0.480 e. The lowest BCUT2D eigenvalue weighted by Crippen LogP contribution is -2.47. The summed E-state index contributed by atoms with van der Waals surface area (Å²) in [5, 5.41) is 13.8. The first-order valence-electron chi connectivity index (χ1n) is 21.8. The van der Waals surface area contributed by atoms with Crippen molar-refractivity contribution in [3.8, 4) is 11.5 Å². The molecule has 306 valence electrons. The number of fused-ring (bicyclic) bond motifs is 2. The highest BCUT2D eigenvalue weighted by molar-refractivity contribution is 5.74. The summed E-state index contributed by atoms with van der Waals surface area (Å²) < 4.78 is 6.35. The average molecular weight is 771 g/mol. The van der Waals surface area contributed by atoms with Crippen LogP contribution < -0.4 is 10.1 Å². The number of benzene rings is 3. The minimum absolute atomic E-state index is 0.0878. The van der Waals surface area contributed by atoms with Gasteiger partial charge in [-0.15, -0.1) is 0 Å². The standard InChI is InChI=1S/C48H58N2O3.2C2H6/c1-31-12-15-40(24-32(31)2)48-23-22-36(26-41(48)29-48)13-21-44(46(51)52)49-34(4)45-28-37-14-18-43(53-42-19-16-39(17-20-42)47(5,6)7)27-38(37)30-50(45)33(3)25-35-10-8-9-11-35;2*1-2/h12,14-20,22-24,26-27,35,41,44-45,49H,3-4,8-11,13,21,25,28-30H2,1-2,5-7H3,(H,51,52);2*1-2H3/t41?,44-,45-,48?;;/m0../s1. The summed E-state index contributed by atoms with van der Waals surface area (Å²) in [5.41, 5.74) is 11.1. The van der Waals surface area contributed by atoms with E-state index in [-0.39, 0.29) is 16.9 Å². The normalized spacial score (nSPS) is 21.4. The van der Waals surface area contributed by atoms with Crippen LogP contribution >= 0.6 is 0 Å². The van der Waals surface area contributed by atoms with Gasteiger partial charge < -0.3 is 20.1 Å². The highest BCUT2D eigenvalue weighted by atomic mass is 16.5. The van der Waals surface area contributed by atoms with Crippen LogP contribution in [-0.2, 0) is 28.6 Å². The van der Waals surface area contributed by atoms with Gasteiger partial charge in [-0.05, 0) is 121 Å². The van der Waals surface area contributed by atoms with Crippen LogP contribution in [0.25, 0.3) is 0 Å². The van der Waals surface area contributed by atoms with E-state index in [0.717, 1.165) is 42.2 Å². The summed E-state index contributed by atoms with van der Waals surface area (Å²) in [6.07, 6.45) is 16.1. The molecule has 3 aliphatic carbocycles. The van der Waals surface area contributed by atoms with Crippen LogP contribution in [0.3, 0.4) is 0 Å². The number of aryl methyl sites for hydroxylation is 2. The Balaban J connectivity index is 0.00000150. The summed E-state index contributed by atoms with van der Waals surface area (Å²) in [6, 6.07) is 20.8. The van der Waals surface area contributed by atoms with Crippen molar-refractivity contribution in [1.82, 2.24) is 10.2 Å². The van der Waals surface area contributed by atoms with Crippen molar-refractivity contribution < 1.29 is 14.6 Å². The van der Waals surface area contributed by atoms with Crippen molar-refractivity contribution >= 4 is 5.97 Å². The smallest absolute Gasteiger partial charge is 0.326 e. The zero-order valence-electron chi connectivity index (χ0n) is 36.5. The van der Waals surface area contributed by atoms with Gasteiger partial charge in [-0.1, -0.05) is 148 Å². The lowest BCUT2D eigenvalue weighted by Gasteiger charge is -2.42. The molecule has 2 fully saturated rings. The second-order valence-corrected chi connectivity index (χ2v) is 17.4. The quantitative estimate of drug-likeness (QED) is 0.181. The SMILES string of the molecule is C=C(N[C@@H](CCC1=CC2CC2(c2ccc(C)c(C)c2)C=C1)C(=O)O)[C@@H]1Cc2ccc(Oc3ccc(C(C)(C)C)cc3)cc2CN1C(=C)CC1CCCC1.CC.CC. The molecule has 5 nitrogen and oxygen atoms in total. The first-order valence-corrected chi connectivity index (χ1v) is 21.8. The van der Waals surface area contributed by atoms with Crippen LogP contribution in [0.5, 0.6) is 11.5 Å². The number of carbonyl (C=O) groups is 1. The van der Waals surface area contributed by atoms with E-state index in [1.165, 1.54) is 64.6 Å². The number of hydrogen-bond donors (Lipinski definition) is 2. The Morgan fingerprint density at radius 3 is 2.25 bits per heavy atom. The monoisotopic (exact) mass is 771 g/mol. The Kier molecular flexibility index (Phi) is 14.4. The van der Waals surface area contributed by atoms with Crippen molar-refractivity contribution in [3.05, 3.63) is 142 Å². The average Bonchev–Trinajstić information content (AvgIpc) is 3.72. The molecule has 2 saturated carbocycles. The third-order valence-electron chi connectivity index (χ3n) is 12.6. The van der Waals surface area contributed by atoms with Gasteiger partial charge in [-0.2, -0.15) is 0 Å². The number of nitrogens with zero attached hydrogens (tertiary/aromatic N) is 1. The lowest BCUT2D eigenvalue weighted by atomic mass is 9.86. The van der Waals surface area contributed by atoms with Crippen molar-refractivity contribution in [1.29, 1.82) is 0 Å². The van der Waals surface area contributed by atoms with Crippen molar-refractivity contribution in [2.45, 2.75) is 150 Å². The molecule has 0 radical (unpaired) electrons. The summed E-state index contributed by atoms with van der Waals surface area (Å²) >= 11 is 0. The highest BCUT2D eigenvalue weighted by Gasteiger charge is 2.53. The third-order valence-corrected chi connectivity index (χ3v) is 12.6. The molecule has 5 heteroatoms. The third kappa shape index (κ3) is 10.3. The molecule has 1 aliphatic heterocycles. The second-order valence-electron chi connectivity index (χ2n) is 17.4. The zero-order chi connectivity index (χ0) is 41.5. The molecular formula is C52H70N2O3. The Bertz CT molecular complexity index is 1940. The fourth-order valence-corrected chi connectivity index (χ4v) is 8.88. The molecule has 3 aromatic carbocycles. The van der Waals surface area contributed by atoms with Gasteiger partial charge in [0.15, 0.2) is 0 Å². The Morgan fingerprint density at radius 1 is 0.930 bits per heavy atom. The molecule has 57 heavy (non-hydrogen) atoms.